The summed E-state index contributed by atoms with van der Waals surface area (Å²) in [5.41, 5.74) is 10.7. The van der Waals surface area contributed by atoms with Crippen molar-refractivity contribution in [1.29, 1.82) is 10.5 Å². The third-order valence-corrected chi connectivity index (χ3v) is 8.18. The number of fused-ring (bicyclic) bond motifs is 2. The lowest BCUT2D eigenvalue weighted by molar-refractivity contribution is -0.663. The summed E-state index contributed by atoms with van der Waals surface area (Å²) in [7, 11) is 0. The van der Waals surface area contributed by atoms with Gasteiger partial charge in [0.2, 0.25) is 12.7 Å². The third kappa shape index (κ3) is 5.33. The molecule has 2 aromatic heterocycles. The molecule has 0 saturated carbocycles. The lowest BCUT2D eigenvalue weighted by atomic mass is 10.1. The summed E-state index contributed by atoms with van der Waals surface area (Å²) in [6, 6.07) is 45.8. The molecular formula is C38H30N6+2. The molecule has 6 nitrogen and oxygen atoms in total. The molecule has 2 heterocycles. The van der Waals surface area contributed by atoms with Crippen molar-refractivity contribution >= 4 is 22.1 Å². The Kier molecular flexibility index (Phi) is 7.16. The highest BCUT2D eigenvalue weighted by Gasteiger charge is 2.20. The summed E-state index contributed by atoms with van der Waals surface area (Å²) < 4.78 is 9.16. The summed E-state index contributed by atoms with van der Waals surface area (Å²) in [4.78, 5) is 0. The molecule has 0 spiro atoms. The Morgan fingerprint density at radius 3 is 1.39 bits per heavy atom. The monoisotopic (exact) mass is 570 g/mol. The maximum Gasteiger partial charge on any atom is 0.245 e. The molecule has 0 N–H and O–H groups in total. The van der Waals surface area contributed by atoms with Gasteiger partial charge in [0.25, 0.3) is 0 Å². The molecule has 7 rings (SSSR count). The highest BCUT2D eigenvalue weighted by Crippen LogP contribution is 2.20. The van der Waals surface area contributed by atoms with Crippen LogP contribution in [0.2, 0.25) is 0 Å². The van der Waals surface area contributed by atoms with E-state index in [1.54, 1.807) is 0 Å². The predicted octanol–water partition coefficient (Wildman–Crippen LogP) is 6.11. The summed E-state index contributed by atoms with van der Waals surface area (Å²) in [5.74, 6) is 0. The molecule has 0 radical (unpaired) electrons. The molecule has 0 amide bonds. The van der Waals surface area contributed by atoms with Crippen molar-refractivity contribution in [1.82, 2.24) is 9.13 Å². The molecule has 6 heteroatoms. The number of imidazole rings is 2. The van der Waals surface area contributed by atoms with Gasteiger partial charge in [0, 0.05) is 11.1 Å². The van der Waals surface area contributed by atoms with Gasteiger partial charge in [-0.25, -0.2) is 18.3 Å². The maximum atomic E-state index is 9.37. The zero-order valence-electron chi connectivity index (χ0n) is 24.2. The largest absolute Gasteiger partial charge is 0.245 e. The number of hydrogen-bond donors (Lipinski definition) is 0. The molecule has 44 heavy (non-hydrogen) atoms. The number of hydrogen-bond acceptors (Lipinski definition) is 2. The van der Waals surface area contributed by atoms with Gasteiger partial charge in [-0.05, 0) is 59.7 Å². The smallest absolute Gasteiger partial charge is 0.226 e. The van der Waals surface area contributed by atoms with Crippen LogP contribution in [-0.4, -0.2) is 9.13 Å². The van der Waals surface area contributed by atoms with Crippen LogP contribution < -0.4 is 9.13 Å². The lowest BCUT2D eigenvalue weighted by Crippen LogP contribution is -2.33. The second kappa shape index (κ2) is 11.7. The van der Waals surface area contributed by atoms with Gasteiger partial charge < -0.3 is 0 Å². The predicted molar refractivity (Wildman–Crippen MR) is 169 cm³/mol. The van der Waals surface area contributed by atoms with E-state index in [2.05, 4.69) is 128 Å². The minimum atomic E-state index is 0.676. The van der Waals surface area contributed by atoms with Crippen LogP contribution in [0, 0.1) is 22.7 Å². The summed E-state index contributed by atoms with van der Waals surface area (Å²) in [5, 5.41) is 18.7. The van der Waals surface area contributed by atoms with Crippen LogP contribution in [0.1, 0.15) is 33.4 Å². The lowest BCUT2D eigenvalue weighted by Gasteiger charge is -2.07. The summed E-state index contributed by atoms with van der Waals surface area (Å²) >= 11 is 0. The molecular weight excluding hydrogens is 540 g/mol. The SMILES string of the molecule is N#Cc1cccc(C[n+]2cn(Cc3ccccc3Cn3c[n+](Cc4cccc(C#N)c4)c4ccccc43)c3ccccc32)c1. The third-order valence-electron chi connectivity index (χ3n) is 8.18. The Bertz CT molecular complexity index is 2060. The second-order valence-electron chi connectivity index (χ2n) is 11.1. The van der Waals surface area contributed by atoms with Crippen molar-refractivity contribution < 1.29 is 9.13 Å². The first-order valence-electron chi connectivity index (χ1n) is 14.7. The van der Waals surface area contributed by atoms with Gasteiger partial charge in [-0.1, -0.05) is 72.8 Å². The first-order valence-corrected chi connectivity index (χ1v) is 14.7. The minimum Gasteiger partial charge on any atom is -0.226 e. The maximum absolute atomic E-state index is 9.37. The molecule has 0 atom stereocenters. The minimum absolute atomic E-state index is 0.676. The van der Waals surface area contributed by atoms with Gasteiger partial charge in [-0.15, -0.1) is 0 Å². The first kappa shape index (κ1) is 26.9. The molecule has 0 bridgehead atoms. The van der Waals surface area contributed by atoms with Gasteiger partial charge in [0.05, 0.1) is 23.3 Å². The molecule has 0 unspecified atom stereocenters. The van der Waals surface area contributed by atoms with Gasteiger partial charge in [-0.2, -0.15) is 10.5 Å². The molecule has 0 aliphatic carbocycles. The Labute approximate surface area is 256 Å². The first-order chi connectivity index (χ1) is 21.7. The summed E-state index contributed by atoms with van der Waals surface area (Å²) in [6.07, 6.45) is 4.38. The van der Waals surface area contributed by atoms with Crippen molar-refractivity contribution in [2.75, 3.05) is 0 Å². The zero-order chi connectivity index (χ0) is 29.9. The van der Waals surface area contributed by atoms with Crippen molar-refractivity contribution in [3.63, 3.8) is 0 Å². The average Bonchev–Trinajstić information content (AvgIpc) is 3.59. The Morgan fingerprint density at radius 1 is 0.500 bits per heavy atom. The molecule has 0 aliphatic heterocycles. The molecule has 0 saturated heterocycles. The van der Waals surface area contributed by atoms with Gasteiger partial charge >= 0.3 is 0 Å². The van der Waals surface area contributed by atoms with Crippen LogP contribution in [-0.2, 0) is 26.2 Å². The molecule has 5 aromatic carbocycles. The number of benzene rings is 5. The number of nitrogens with zero attached hydrogens (tertiary/aromatic N) is 6. The van der Waals surface area contributed by atoms with E-state index in [4.69, 9.17) is 0 Å². The fourth-order valence-corrected chi connectivity index (χ4v) is 6.09. The van der Waals surface area contributed by atoms with E-state index in [1.165, 1.54) is 22.2 Å². The highest BCUT2D eigenvalue weighted by atomic mass is 15.1. The standard InChI is InChI=1S/C38H30N6/c39-21-29-9-7-11-31(19-29)23-41-27-43(37-17-5-3-15-35(37)41)25-33-13-1-2-14-34(33)26-44-28-42(36-16-4-6-18-38(36)44)24-32-12-8-10-30(20-32)22-40/h1-20,27-28H,23-26H2/q+2. The molecule has 7 aromatic rings. The number of aromatic nitrogens is 4. The molecule has 210 valence electrons. The van der Waals surface area contributed by atoms with E-state index in [-0.39, 0.29) is 0 Å². The van der Waals surface area contributed by atoms with Gasteiger partial charge in [0.1, 0.15) is 26.2 Å². The second-order valence-corrected chi connectivity index (χ2v) is 11.1. The number of nitriles is 2. The average molecular weight is 571 g/mol. The number of para-hydroxylation sites is 4. The normalized spacial score (nSPS) is 11.0. The van der Waals surface area contributed by atoms with E-state index < -0.39 is 0 Å². The van der Waals surface area contributed by atoms with Crippen LogP contribution in [0.4, 0.5) is 0 Å². The van der Waals surface area contributed by atoms with E-state index in [9.17, 15) is 10.5 Å². The van der Waals surface area contributed by atoms with Crippen LogP contribution in [0.5, 0.6) is 0 Å². The van der Waals surface area contributed by atoms with Gasteiger partial charge in [0.15, 0.2) is 22.1 Å². The fourth-order valence-electron chi connectivity index (χ4n) is 6.09. The fraction of sp³-hybridized carbons (Fsp3) is 0.105. The van der Waals surface area contributed by atoms with Crippen molar-refractivity contribution in [2.45, 2.75) is 26.2 Å². The number of rotatable bonds is 8. The van der Waals surface area contributed by atoms with E-state index in [0.29, 0.717) is 24.2 Å². The zero-order valence-corrected chi connectivity index (χ0v) is 24.2. The van der Waals surface area contributed by atoms with Crippen LogP contribution in [0.3, 0.4) is 0 Å². The molecule has 0 fully saturated rings. The van der Waals surface area contributed by atoms with E-state index in [1.807, 2.05) is 36.4 Å². The van der Waals surface area contributed by atoms with Crippen LogP contribution >= 0.6 is 0 Å². The van der Waals surface area contributed by atoms with Crippen LogP contribution in [0.25, 0.3) is 22.1 Å². The van der Waals surface area contributed by atoms with E-state index in [0.717, 1.165) is 35.2 Å². The van der Waals surface area contributed by atoms with E-state index >= 15 is 0 Å². The van der Waals surface area contributed by atoms with Crippen molar-refractivity contribution in [3.05, 3.63) is 167 Å². The quantitative estimate of drug-likeness (QED) is 0.207. The van der Waals surface area contributed by atoms with Crippen molar-refractivity contribution in [2.24, 2.45) is 0 Å². The van der Waals surface area contributed by atoms with Crippen LogP contribution in [0.15, 0.2) is 134 Å². The van der Waals surface area contributed by atoms with Gasteiger partial charge in [-0.3, -0.25) is 0 Å². The molecule has 0 aliphatic rings. The summed E-state index contributed by atoms with van der Waals surface area (Å²) in [6.45, 7) is 2.86. The highest BCUT2D eigenvalue weighted by molar-refractivity contribution is 5.72. The Hall–Kier alpha value is -5.98. The Morgan fingerprint density at radius 2 is 0.932 bits per heavy atom. The van der Waals surface area contributed by atoms with Crippen molar-refractivity contribution in [3.8, 4) is 12.1 Å². The topological polar surface area (TPSA) is 65.2 Å². The Balaban J connectivity index is 1.21.